The van der Waals surface area contributed by atoms with Gasteiger partial charge in [0.25, 0.3) is 5.91 Å². The van der Waals surface area contributed by atoms with Crippen LogP contribution >= 0.6 is 11.3 Å². The fraction of sp³-hybridized carbons (Fsp3) is 0. The summed E-state index contributed by atoms with van der Waals surface area (Å²) in [5, 5.41) is 9.91. The standard InChI is InChI=1S/C10H9N3O3S/c11-6-5-4(14)2-1-3(9(12)15)7(5)17-8(6)10(13)16/h1-2,14H,11H2,(H2,12,15)(H2,13,16). The third kappa shape index (κ3) is 1.56. The molecule has 0 spiro atoms. The lowest BCUT2D eigenvalue weighted by atomic mass is 10.1. The number of aromatic hydroxyl groups is 1. The molecule has 0 saturated heterocycles. The summed E-state index contributed by atoms with van der Waals surface area (Å²) in [6, 6.07) is 2.68. The maximum absolute atomic E-state index is 11.2. The zero-order valence-electron chi connectivity index (χ0n) is 8.56. The predicted molar refractivity (Wildman–Crippen MR) is 64.9 cm³/mol. The number of benzene rings is 1. The van der Waals surface area contributed by atoms with Gasteiger partial charge in [-0.1, -0.05) is 0 Å². The minimum absolute atomic E-state index is 0.0677. The van der Waals surface area contributed by atoms with Crippen molar-refractivity contribution in [2.45, 2.75) is 0 Å². The molecule has 0 atom stereocenters. The Balaban J connectivity index is 2.93. The van der Waals surface area contributed by atoms with Gasteiger partial charge in [0.15, 0.2) is 0 Å². The lowest BCUT2D eigenvalue weighted by Gasteiger charge is -2.00. The molecule has 0 aliphatic heterocycles. The van der Waals surface area contributed by atoms with Crippen LogP contribution in [0.5, 0.6) is 5.75 Å². The maximum Gasteiger partial charge on any atom is 0.260 e. The van der Waals surface area contributed by atoms with Crippen LogP contribution in [0.15, 0.2) is 12.1 Å². The zero-order valence-corrected chi connectivity index (χ0v) is 9.38. The smallest absolute Gasteiger partial charge is 0.260 e. The third-order valence-electron chi connectivity index (χ3n) is 2.34. The summed E-state index contributed by atoms with van der Waals surface area (Å²) < 4.78 is 0.365. The summed E-state index contributed by atoms with van der Waals surface area (Å²) >= 11 is 0.941. The number of primary amides is 2. The second-order valence-electron chi connectivity index (χ2n) is 3.41. The number of phenolic OH excluding ortho intramolecular Hbond substituents is 1. The number of hydrogen-bond acceptors (Lipinski definition) is 5. The number of anilines is 1. The van der Waals surface area contributed by atoms with Crippen molar-refractivity contribution in [1.29, 1.82) is 0 Å². The van der Waals surface area contributed by atoms with Crippen LogP contribution in [-0.4, -0.2) is 16.9 Å². The molecule has 0 saturated carbocycles. The Morgan fingerprint density at radius 2 is 1.82 bits per heavy atom. The third-order valence-corrected chi connectivity index (χ3v) is 3.60. The van der Waals surface area contributed by atoms with E-state index in [1.54, 1.807) is 0 Å². The zero-order chi connectivity index (χ0) is 12.7. The lowest BCUT2D eigenvalue weighted by Crippen LogP contribution is -2.10. The summed E-state index contributed by atoms with van der Waals surface area (Å²) in [5.74, 6) is -1.49. The predicted octanol–water partition coefficient (Wildman–Crippen LogP) is 0.387. The molecule has 1 aromatic carbocycles. The maximum atomic E-state index is 11.2. The van der Waals surface area contributed by atoms with Crippen molar-refractivity contribution < 1.29 is 14.7 Å². The molecule has 0 radical (unpaired) electrons. The van der Waals surface area contributed by atoms with E-state index in [4.69, 9.17) is 17.2 Å². The van der Waals surface area contributed by atoms with Crippen LogP contribution in [0.3, 0.4) is 0 Å². The number of phenols is 1. The number of amides is 2. The van der Waals surface area contributed by atoms with E-state index < -0.39 is 11.8 Å². The summed E-state index contributed by atoms with van der Waals surface area (Å²) in [4.78, 5) is 22.4. The molecule has 7 N–H and O–H groups in total. The summed E-state index contributed by atoms with van der Waals surface area (Å²) in [6.07, 6.45) is 0. The molecule has 0 fully saturated rings. The van der Waals surface area contributed by atoms with E-state index in [9.17, 15) is 14.7 Å². The fourth-order valence-corrected chi connectivity index (χ4v) is 2.70. The number of hydrogen-bond donors (Lipinski definition) is 4. The van der Waals surface area contributed by atoms with Gasteiger partial charge in [-0.05, 0) is 12.1 Å². The van der Waals surface area contributed by atoms with Crippen LogP contribution < -0.4 is 17.2 Å². The molecule has 17 heavy (non-hydrogen) atoms. The molecular weight excluding hydrogens is 242 g/mol. The molecule has 2 rings (SSSR count). The lowest BCUT2D eigenvalue weighted by molar-refractivity contribution is 0.0994. The first kappa shape index (κ1) is 11.2. The van der Waals surface area contributed by atoms with Gasteiger partial charge in [-0.2, -0.15) is 0 Å². The summed E-state index contributed by atoms with van der Waals surface area (Å²) in [7, 11) is 0. The Labute approximate surface area is 99.6 Å². The number of nitrogens with two attached hydrogens (primary N) is 3. The van der Waals surface area contributed by atoms with Crippen LogP contribution in [0.2, 0.25) is 0 Å². The van der Waals surface area contributed by atoms with E-state index >= 15 is 0 Å². The first-order chi connectivity index (χ1) is 7.93. The van der Waals surface area contributed by atoms with Crippen LogP contribution in [0, 0.1) is 0 Å². The first-order valence-corrected chi connectivity index (χ1v) is 5.38. The Morgan fingerprint density at radius 1 is 1.18 bits per heavy atom. The van der Waals surface area contributed by atoms with Gasteiger partial charge in [0.1, 0.15) is 10.6 Å². The fourth-order valence-electron chi connectivity index (χ4n) is 1.59. The minimum Gasteiger partial charge on any atom is -0.507 e. The van der Waals surface area contributed by atoms with Gasteiger partial charge < -0.3 is 22.3 Å². The second-order valence-corrected chi connectivity index (χ2v) is 4.43. The monoisotopic (exact) mass is 251 g/mol. The molecular formula is C10H9N3O3S. The molecule has 0 bridgehead atoms. The average molecular weight is 251 g/mol. The highest BCUT2D eigenvalue weighted by atomic mass is 32.1. The van der Waals surface area contributed by atoms with E-state index in [2.05, 4.69) is 0 Å². The van der Waals surface area contributed by atoms with Crippen molar-refractivity contribution in [2.75, 3.05) is 5.73 Å². The van der Waals surface area contributed by atoms with E-state index in [-0.39, 0.29) is 27.3 Å². The molecule has 0 unspecified atom stereocenters. The van der Waals surface area contributed by atoms with Crippen molar-refractivity contribution in [2.24, 2.45) is 11.5 Å². The Bertz CT molecular complexity index is 648. The molecule has 0 aliphatic carbocycles. The molecule has 88 valence electrons. The largest absolute Gasteiger partial charge is 0.507 e. The average Bonchev–Trinajstić information content (AvgIpc) is 2.57. The number of fused-ring (bicyclic) bond motifs is 1. The highest BCUT2D eigenvalue weighted by molar-refractivity contribution is 7.22. The molecule has 6 nitrogen and oxygen atoms in total. The van der Waals surface area contributed by atoms with Crippen LogP contribution in [0.1, 0.15) is 20.0 Å². The Kier molecular flexibility index (Phi) is 2.40. The van der Waals surface area contributed by atoms with E-state index in [1.807, 2.05) is 0 Å². The highest BCUT2D eigenvalue weighted by Gasteiger charge is 2.20. The normalized spacial score (nSPS) is 10.6. The molecule has 0 aliphatic rings. The number of thiophene rings is 1. The Hall–Kier alpha value is -2.28. The van der Waals surface area contributed by atoms with Crippen molar-refractivity contribution in [3.63, 3.8) is 0 Å². The molecule has 2 amide bonds. The number of nitrogen functional groups attached to an aromatic ring is 1. The van der Waals surface area contributed by atoms with Crippen molar-refractivity contribution in [3.05, 3.63) is 22.6 Å². The van der Waals surface area contributed by atoms with E-state index in [0.29, 0.717) is 4.70 Å². The molecule has 7 heteroatoms. The SMILES string of the molecule is NC(=O)c1sc2c(C(N)=O)ccc(O)c2c1N. The first-order valence-electron chi connectivity index (χ1n) is 4.57. The van der Waals surface area contributed by atoms with Gasteiger partial charge in [0.2, 0.25) is 5.91 Å². The minimum atomic E-state index is -0.710. The molecule has 1 aromatic heterocycles. The van der Waals surface area contributed by atoms with Crippen LogP contribution in [-0.2, 0) is 0 Å². The summed E-state index contributed by atoms with van der Waals surface area (Å²) in [6.45, 7) is 0. The van der Waals surface area contributed by atoms with Crippen LogP contribution in [0.4, 0.5) is 5.69 Å². The van der Waals surface area contributed by atoms with E-state index in [1.165, 1.54) is 12.1 Å². The number of rotatable bonds is 2. The number of carbonyl (C=O) groups excluding carboxylic acids is 2. The topological polar surface area (TPSA) is 132 Å². The van der Waals surface area contributed by atoms with Crippen molar-refractivity contribution in [3.8, 4) is 5.75 Å². The van der Waals surface area contributed by atoms with Crippen molar-refractivity contribution in [1.82, 2.24) is 0 Å². The van der Waals surface area contributed by atoms with Gasteiger partial charge in [-0.15, -0.1) is 11.3 Å². The van der Waals surface area contributed by atoms with Gasteiger partial charge in [-0.3, -0.25) is 9.59 Å². The Morgan fingerprint density at radius 3 is 2.35 bits per heavy atom. The number of carbonyl (C=O) groups is 2. The second kappa shape index (κ2) is 3.63. The van der Waals surface area contributed by atoms with E-state index in [0.717, 1.165) is 11.3 Å². The molecule has 1 heterocycles. The van der Waals surface area contributed by atoms with Gasteiger partial charge in [0.05, 0.1) is 21.3 Å². The summed E-state index contributed by atoms with van der Waals surface area (Å²) in [5.41, 5.74) is 16.3. The molecule has 2 aromatic rings. The van der Waals surface area contributed by atoms with Gasteiger partial charge >= 0.3 is 0 Å². The quantitative estimate of drug-likeness (QED) is 0.614. The van der Waals surface area contributed by atoms with Gasteiger partial charge in [-0.25, -0.2) is 0 Å². The van der Waals surface area contributed by atoms with Crippen molar-refractivity contribution >= 4 is 38.9 Å². The van der Waals surface area contributed by atoms with Gasteiger partial charge in [0, 0.05) is 0 Å². The van der Waals surface area contributed by atoms with Crippen LogP contribution in [0.25, 0.3) is 10.1 Å². The highest BCUT2D eigenvalue weighted by Crippen LogP contribution is 2.40.